The molecule has 1 N–H and O–H groups in total. The number of nitrogens with one attached hydrogen (secondary N) is 1. The molecule has 0 aromatic heterocycles. The minimum absolute atomic E-state index is 0.510. The fraction of sp³-hybridized carbons (Fsp3) is 0.417. The number of alkyl halides is 7. The number of rotatable bonds is 4. The normalized spacial score (nSPS) is 15.1. The molecule has 1 aromatic rings. The van der Waals surface area contributed by atoms with E-state index in [1.165, 1.54) is 0 Å². The lowest BCUT2D eigenvalue weighted by molar-refractivity contribution is -0.274. The van der Waals surface area contributed by atoms with Crippen molar-refractivity contribution in [3.8, 4) is 5.75 Å². The third kappa shape index (κ3) is 4.50. The number of benzene rings is 1. The fourth-order valence-corrected chi connectivity index (χ4v) is 1.53. The smallest absolute Gasteiger partial charge is 0.406 e. The van der Waals surface area contributed by atoms with E-state index >= 15 is 0 Å². The molecule has 1 amide bonds. The number of amides is 1. The van der Waals surface area contributed by atoms with Gasteiger partial charge in [-0.15, -0.1) is 13.2 Å². The van der Waals surface area contributed by atoms with Crippen LogP contribution in [0.4, 0.5) is 30.7 Å². The maximum absolute atomic E-state index is 14.3. The van der Waals surface area contributed by atoms with Crippen molar-refractivity contribution in [2.45, 2.75) is 25.1 Å². The summed E-state index contributed by atoms with van der Waals surface area (Å²) in [6.07, 6.45) is -10.4. The standard InChI is InChI=1S/C12H10F7NO2/c1-7(21)20-6-10(13,11(14,15)16)8-2-4-9(5-3-8)22-12(17,18)19/h2-5H,6H2,1H3,(H,20,21)/t10-/m1/s1. The van der Waals surface area contributed by atoms with E-state index in [0.29, 0.717) is 24.3 Å². The first-order valence-electron chi connectivity index (χ1n) is 5.71. The Morgan fingerprint density at radius 2 is 1.55 bits per heavy atom. The fourth-order valence-electron chi connectivity index (χ4n) is 1.53. The molecule has 1 aromatic carbocycles. The average Bonchev–Trinajstić information content (AvgIpc) is 2.33. The van der Waals surface area contributed by atoms with E-state index in [9.17, 15) is 35.5 Å². The van der Waals surface area contributed by atoms with Gasteiger partial charge in [0.15, 0.2) is 0 Å². The molecule has 0 radical (unpaired) electrons. The van der Waals surface area contributed by atoms with E-state index in [4.69, 9.17) is 0 Å². The summed E-state index contributed by atoms with van der Waals surface area (Å²) in [5.74, 6) is -1.68. The summed E-state index contributed by atoms with van der Waals surface area (Å²) >= 11 is 0. The van der Waals surface area contributed by atoms with Crippen molar-refractivity contribution in [2.24, 2.45) is 0 Å². The Balaban J connectivity index is 3.08. The maximum atomic E-state index is 14.3. The van der Waals surface area contributed by atoms with E-state index in [2.05, 4.69) is 4.74 Å². The van der Waals surface area contributed by atoms with Crippen LogP contribution in [0.3, 0.4) is 0 Å². The molecule has 1 rings (SSSR count). The molecule has 0 unspecified atom stereocenters. The van der Waals surface area contributed by atoms with Gasteiger partial charge in [-0.1, -0.05) is 12.1 Å². The van der Waals surface area contributed by atoms with Crippen LogP contribution in [-0.2, 0) is 10.5 Å². The van der Waals surface area contributed by atoms with Crippen molar-refractivity contribution in [1.82, 2.24) is 5.32 Å². The lowest BCUT2D eigenvalue weighted by atomic mass is 9.94. The van der Waals surface area contributed by atoms with E-state index in [1.54, 1.807) is 5.32 Å². The lowest BCUT2D eigenvalue weighted by Gasteiger charge is -2.28. The molecule has 0 aliphatic heterocycles. The van der Waals surface area contributed by atoms with Crippen LogP contribution in [0.15, 0.2) is 24.3 Å². The van der Waals surface area contributed by atoms with Crippen LogP contribution in [0.1, 0.15) is 12.5 Å². The van der Waals surface area contributed by atoms with Crippen molar-refractivity contribution in [3.05, 3.63) is 29.8 Å². The summed E-state index contributed by atoms with van der Waals surface area (Å²) in [5.41, 5.74) is -4.89. The Bertz CT molecular complexity index is 524. The summed E-state index contributed by atoms with van der Waals surface area (Å²) in [5, 5.41) is 1.70. The number of hydrogen-bond donors (Lipinski definition) is 1. The largest absolute Gasteiger partial charge is 0.573 e. The van der Waals surface area contributed by atoms with Crippen molar-refractivity contribution in [1.29, 1.82) is 0 Å². The second-order valence-corrected chi connectivity index (χ2v) is 4.28. The number of ether oxygens (including phenoxy) is 1. The van der Waals surface area contributed by atoms with Gasteiger partial charge >= 0.3 is 12.5 Å². The van der Waals surface area contributed by atoms with Crippen LogP contribution in [0.25, 0.3) is 0 Å². The Morgan fingerprint density at radius 3 is 1.91 bits per heavy atom. The van der Waals surface area contributed by atoms with Gasteiger partial charge in [-0.3, -0.25) is 4.79 Å². The molecule has 0 saturated carbocycles. The van der Waals surface area contributed by atoms with Crippen molar-refractivity contribution >= 4 is 5.91 Å². The summed E-state index contributed by atoms with van der Waals surface area (Å²) in [6.45, 7) is -0.498. The van der Waals surface area contributed by atoms with Crippen molar-refractivity contribution in [2.75, 3.05) is 6.54 Å². The quantitative estimate of drug-likeness (QED) is 0.857. The Morgan fingerprint density at radius 1 is 1.05 bits per heavy atom. The predicted octanol–water partition coefficient (Wildman–Crippen LogP) is 3.45. The topological polar surface area (TPSA) is 38.3 Å². The van der Waals surface area contributed by atoms with E-state index in [-0.39, 0.29) is 0 Å². The SMILES string of the molecule is CC(=O)NC[C@@](F)(c1ccc(OC(F)(F)F)cc1)C(F)(F)F. The van der Waals surface area contributed by atoms with Crippen LogP contribution in [0.2, 0.25) is 0 Å². The minimum atomic E-state index is -5.37. The van der Waals surface area contributed by atoms with Gasteiger partial charge in [0.25, 0.3) is 0 Å². The molecule has 3 nitrogen and oxygen atoms in total. The van der Waals surface area contributed by atoms with E-state index < -0.39 is 42.0 Å². The molecule has 22 heavy (non-hydrogen) atoms. The first-order chi connectivity index (χ1) is 9.85. The monoisotopic (exact) mass is 333 g/mol. The predicted molar refractivity (Wildman–Crippen MR) is 60.6 cm³/mol. The van der Waals surface area contributed by atoms with Crippen molar-refractivity contribution < 1.29 is 40.3 Å². The van der Waals surface area contributed by atoms with Gasteiger partial charge in [0.05, 0.1) is 6.54 Å². The van der Waals surface area contributed by atoms with Crippen LogP contribution < -0.4 is 10.1 Å². The molecule has 1 atom stereocenters. The number of halogens is 7. The molecule has 0 spiro atoms. The van der Waals surface area contributed by atoms with Gasteiger partial charge in [-0.2, -0.15) is 13.2 Å². The summed E-state index contributed by atoms with van der Waals surface area (Å²) < 4.78 is 92.2. The van der Waals surface area contributed by atoms with Gasteiger partial charge in [-0.05, 0) is 12.1 Å². The summed E-state index contributed by atoms with van der Waals surface area (Å²) in [7, 11) is 0. The van der Waals surface area contributed by atoms with Gasteiger partial charge < -0.3 is 10.1 Å². The zero-order chi connectivity index (χ0) is 17.2. The highest BCUT2D eigenvalue weighted by atomic mass is 19.4. The molecule has 0 fully saturated rings. The summed E-state index contributed by atoms with van der Waals surface area (Å²) in [6, 6.07) is 2.13. The Hall–Kier alpha value is -2.00. The van der Waals surface area contributed by atoms with Gasteiger partial charge in [-0.25, -0.2) is 4.39 Å². The maximum Gasteiger partial charge on any atom is 0.573 e. The van der Waals surface area contributed by atoms with Crippen LogP contribution >= 0.6 is 0 Å². The highest BCUT2D eigenvalue weighted by Crippen LogP contribution is 2.42. The van der Waals surface area contributed by atoms with Crippen LogP contribution in [0.5, 0.6) is 5.75 Å². The van der Waals surface area contributed by atoms with Gasteiger partial charge in [0.2, 0.25) is 11.6 Å². The summed E-state index contributed by atoms with van der Waals surface area (Å²) in [4.78, 5) is 10.7. The highest BCUT2D eigenvalue weighted by molar-refractivity contribution is 5.72. The van der Waals surface area contributed by atoms with E-state index in [0.717, 1.165) is 6.92 Å². The highest BCUT2D eigenvalue weighted by Gasteiger charge is 2.57. The van der Waals surface area contributed by atoms with Gasteiger partial charge in [0, 0.05) is 12.5 Å². The van der Waals surface area contributed by atoms with Gasteiger partial charge in [0.1, 0.15) is 5.75 Å². The molecule has 0 saturated heterocycles. The number of carbonyl (C=O) groups excluding carboxylic acids is 1. The second-order valence-electron chi connectivity index (χ2n) is 4.28. The van der Waals surface area contributed by atoms with Crippen LogP contribution in [-0.4, -0.2) is 25.0 Å². The van der Waals surface area contributed by atoms with Crippen molar-refractivity contribution in [3.63, 3.8) is 0 Å². The third-order valence-corrected chi connectivity index (χ3v) is 2.58. The number of hydrogen-bond acceptors (Lipinski definition) is 2. The lowest BCUT2D eigenvalue weighted by Crippen LogP contribution is -2.47. The zero-order valence-electron chi connectivity index (χ0n) is 11.0. The number of carbonyl (C=O) groups is 1. The first kappa shape index (κ1) is 18.1. The molecular formula is C12H10F7NO2. The molecule has 0 bridgehead atoms. The molecular weight excluding hydrogens is 323 g/mol. The Labute approximate surface area is 120 Å². The molecule has 0 heterocycles. The zero-order valence-corrected chi connectivity index (χ0v) is 11.0. The second kappa shape index (κ2) is 6.01. The molecule has 0 aliphatic rings. The molecule has 0 aliphatic carbocycles. The minimum Gasteiger partial charge on any atom is -0.406 e. The first-order valence-corrected chi connectivity index (χ1v) is 5.71. The third-order valence-electron chi connectivity index (χ3n) is 2.58. The van der Waals surface area contributed by atoms with Crippen LogP contribution in [0, 0.1) is 0 Å². The average molecular weight is 333 g/mol. The molecule has 124 valence electrons. The molecule has 10 heteroatoms. The van der Waals surface area contributed by atoms with E-state index in [1.807, 2.05) is 0 Å². The Kier molecular flexibility index (Phi) is 4.93.